The number of ether oxygens (including phenoxy) is 1. The van der Waals surface area contributed by atoms with Crippen LogP contribution >= 0.6 is 0 Å². The minimum absolute atomic E-state index is 0.0887. The molecule has 3 nitrogen and oxygen atoms in total. The summed E-state index contributed by atoms with van der Waals surface area (Å²) in [6.07, 6.45) is 15.4. The summed E-state index contributed by atoms with van der Waals surface area (Å²) in [6.45, 7) is 3.01. The van der Waals surface area contributed by atoms with E-state index < -0.39 is 0 Å². The molecule has 134 valence electrons. The molecular formula is C21H33NO2. The number of allylic oxidation sites excluding steroid dienone is 1. The predicted molar refractivity (Wildman–Crippen MR) is 95.5 cm³/mol. The van der Waals surface area contributed by atoms with E-state index >= 15 is 0 Å². The molecule has 0 radical (unpaired) electrons. The monoisotopic (exact) mass is 331 g/mol. The number of esters is 1. The van der Waals surface area contributed by atoms with Gasteiger partial charge in [0.05, 0.1) is 12.5 Å². The van der Waals surface area contributed by atoms with Crippen LogP contribution in [0.25, 0.3) is 0 Å². The summed E-state index contributed by atoms with van der Waals surface area (Å²) in [5.74, 6) is 2.82. The summed E-state index contributed by atoms with van der Waals surface area (Å²) >= 11 is 0. The Balaban J connectivity index is 1.54. The number of likely N-dealkylation sites (tertiary alicyclic amines) is 1. The van der Waals surface area contributed by atoms with Gasteiger partial charge in [0.25, 0.3) is 0 Å². The van der Waals surface area contributed by atoms with Crippen molar-refractivity contribution in [3.8, 4) is 0 Å². The van der Waals surface area contributed by atoms with Crippen molar-refractivity contribution in [3.63, 3.8) is 0 Å². The molecule has 2 saturated carbocycles. The maximum Gasteiger partial charge on any atom is 0.309 e. The van der Waals surface area contributed by atoms with Crippen LogP contribution in [0.1, 0.15) is 58.3 Å². The van der Waals surface area contributed by atoms with Gasteiger partial charge in [0.15, 0.2) is 0 Å². The average molecular weight is 332 g/mol. The van der Waals surface area contributed by atoms with E-state index in [4.69, 9.17) is 4.74 Å². The number of likely N-dealkylation sites (N-methyl/N-ethyl adjacent to an activating group) is 1. The number of cyclic esters (lactones) is 1. The lowest BCUT2D eigenvalue weighted by molar-refractivity contribution is -0.142. The summed E-state index contributed by atoms with van der Waals surface area (Å²) in [5, 5.41) is 0. The second kappa shape index (κ2) is 6.82. The van der Waals surface area contributed by atoms with Crippen molar-refractivity contribution in [2.24, 2.45) is 29.6 Å². The summed E-state index contributed by atoms with van der Waals surface area (Å²) in [5.41, 5.74) is 0. The van der Waals surface area contributed by atoms with Crippen molar-refractivity contribution in [3.05, 3.63) is 12.2 Å². The maximum atomic E-state index is 12.2. The molecular weight excluding hydrogens is 298 g/mol. The van der Waals surface area contributed by atoms with E-state index in [0.717, 1.165) is 18.3 Å². The molecule has 7 atom stereocenters. The van der Waals surface area contributed by atoms with Crippen LogP contribution in [-0.2, 0) is 9.53 Å². The third kappa shape index (κ3) is 2.94. The molecule has 4 rings (SSSR count). The first-order chi connectivity index (χ1) is 11.6. The molecule has 4 aliphatic rings. The average Bonchev–Trinajstić information content (AvgIpc) is 2.96. The lowest BCUT2D eigenvalue weighted by atomic mass is 9.58. The fourth-order valence-electron chi connectivity index (χ4n) is 6.04. The summed E-state index contributed by atoms with van der Waals surface area (Å²) < 4.78 is 5.48. The molecule has 0 aromatic heterocycles. The number of carbonyl (C=O) groups excluding carboxylic acids is 1. The second-order valence-corrected chi connectivity index (χ2v) is 8.82. The van der Waals surface area contributed by atoms with Crippen molar-refractivity contribution in [1.29, 1.82) is 0 Å². The normalized spacial score (nSPS) is 46.6. The minimum atomic E-state index is 0.0887. The third-order valence-electron chi connectivity index (χ3n) is 7.65. The Morgan fingerprint density at radius 2 is 1.88 bits per heavy atom. The van der Waals surface area contributed by atoms with Crippen LogP contribution in [0.2, 0.25) is 0 Å². The van der Waals surface area contributed by atoms with E-state index in [2.05, 4.69) is 31.0 Å². The zero-order valence-electron chi connectivity index (χ0n) is 15.3. The van der Waals surface area contributed by atoms with Crippen LogP contribution in [0.5, 0.6) is 0 Å². The van der Waals surface area contributed by atoms with Gasteiger partial charge in [-0.2, -0.15) is 0 Å². The summed E-state index contributed by atoms with van der Waals surface area (Å²) in [7, 11) is 2.27. The molecule has 0 amide bonds. The lowest BCUT2D eigenvalue weighted by Crippen LogP contribution is -2.43. The van der Waals surface area contributed by atoms with Crippen LogP contribution in [0.3, 0.4) is 0 Å². The van der Waals surface area contributed by atoms with Crippen LogP contribution in [0.4, 0.5) is 0 Å². The van der Waals surface area contributed by atoms with Gasteiger partial charge < -0.3 is 4.74 Å². The first-order valence-electron chi connectivity index (χ1n) is 10.2. The SMILES string of the molecule is C[C@H]1CCC[C@H](C=CC2C3CCCCC3CC3C(=O)OCC32)N1C. The molecule has 3 heteroatoms. The van der Waals surface area contributed by atoms with E-state index in [1.165, 1.54) is 44.9 Å². The van der Waals surface area contributed by atoms with E-state index in [9.17, 15) is 4.79 Å². The molecule has 4 fully saturated rings. The number of fused-ring (bicyclic) bond motifs is 2. The molecule has 0 aromatic carbocycles. The van der Waals surface area contributed by atoms with Crippen molar-refractivity contribution >= 4 is 5.97 Å². The van der Waals surface area contributed by atoms with Gasteiger partial charge in [0.1, 0.15) is 0 Å². The Labute approximate surface area is 146 Å². The zero-order chi connectivity index (χ0) is 16.7. The largest absolute Gasteiger partial charge is 0.465 e. The molecule has 0 bridgehead atoms. The molecule has 0 spiro atoms. The van der Waals surface area contributed by atoms with Gasteiger partial charge in [-0.3, -0.25) is 9.69 Å². The fourth-order valence-corrected chi connectivity index (χ4v) is 6.04. The topological polar surface area (TPSA) is 29.5 Å². The molecule has 2 aliphatic heterocycles. The van der Waals surface area contributed by atoms with Gasteiger partial charge in [-0.25, -0.2) is 0 Å². The number of hydrogen-bond acceptors (Lipinski definition) is 3. The number of nitrogens with zero attached hydrogens (tertiary/aromatic N) is 1. The molecule has 2 heterocycles. The van der Waals surface area contributed by atoms with Crippen molar-refractivity contribution in [1.82, 2.24) is 4.90 Å². The van der Waals surface area contributed by atoms with Gasteiger partial charge in [-0.05, 0) is 57.4 Å². The van der Waals surface area contributed by atoms with Gasteiger partial charge in [-0.1, -0.05) is 37.8 Å². The Bertz CT molecular complexity index is 502. The van der Waals surface area contributed by atoms with Crippen molar-refractivity contribution in [2.45, 2.75) is 70.4 Å². The Kier molecular flexibility index (Phi) is 4.73. The highest BCUT2D eigenvalue weighted by Gasteiger charge is 2.50. The van der Waals surface area contributed by atoms with Gasteiger partial charge >= 0.3 is 5.97 Å². The van der Waals surface area contributed by atoms with E-state index in [1.54, 1.807) is 0 Å². The van der Waals surface area contributed by atoms with E-state index in [-0.39, 0.29) is 11.9 Å². The zero-order valence-corrected chi connectivity index (χ0v) is 15.3. The van der Waals surface area contributed by atoms with Crippen molar-refractivity contribution in [2.75, 3.05) is 13.7 Å². The second-order valence-electron chi connectivity index (χ2n) is 8.82. The molecule has 0 aromatic rings. The molecule has 24 heavy (non-hydrogen) atoms. The molecule has 2 aliphatic carbocycles. The van der Waals surface area contributed by atoms with E-state index in [1.807, 2.05) is 0 Å². The van der Waals surface area contributed by atoms with Gasteiger partial charge in [-0.15, -0.1) is 0 Å². The maximum absolute atomic E-state index is 12.2. The third-order valence-corrected chi connectivity index (χ3v) is 7.65. The molecule has 5 unspecified atom stereocenters. The van der Waals surface area contributed by atoms with Crippen LogP contribution in [-0.4, -0.2) is 36.6 Å². The highest BCUT2D eigenvalue weighted by Crippen LogP contribution is 2.51. The first-order valence-corrected chi connectivity index (χ1v) is 10.2. The van der Waals surface area contributed by atoms with Crippen molar-refractivity contribution < 1.29 is 9.53 Å². The predicted octanol–water partition coefficient (Wildman–Crippen LogP) is 4.03. The Morgan fingerprint density at radius 3 is 2.75 bits per heavy atom. The van der Waals surface area contributed by atoms with E-state index in [0.29, 0.717) is 30.5 Å². The Hall–Kier alpha value is -0.830. The van der Waals surface area contributed by atoms with Gasteiger partial charge in [0.2, 0.25) is 0 Å². The standard InChI is InChI=1S/C21H33NO2/c1-14-6-5-8-16(22(14)2)10-11-18-17-9-4-3-7-15(17)12-19-20(18)13-24-21(19)23/h10-11,14-20H,3-9,12-13H2,1-2H3/t14-,15?,16+,17?,18?,19?,20?/m0/s1. The minimum Gasteiger partial charge on any atom is -0.465 e. The molecule has 0 N–H and O–H groups in total. The highest BCUT2D eigenvalue weighted by molar-refractivity contribution is 5.75. The summed E-state index contributed by atoms with van der Waals surface area (Å²) in [6, 6.07) is 1.26. The fraction of sp³-hybridized carbons (Fsp3) is 0.857. The summed E-state index contributed by atoms with van der Waals surface area (Å²) in [4.78, 5) is 14.7. The number of rotatable bonds is 2. The lowest BCUT2D eigenvalue weighted by Gasteiger charge is -2.45. The van der Waals surface area contributed by atoms with Crippen LogP contribution in [0.15, 0.2) is 12.2 Å². The Morgan fingerprint density at radius 1 is 1.04 bits per heavy atom. The smallest absolute Gasteiger partial charge is 0.309 e. The van der Waals surface area contributed by atoms with Gasteiger partial charge in [0, 0.05) is 18.0 Å². The number of carbonyl (C=O) groups is 1. The number of piperidine rings is 1. The quantitative estimate of drug-likeness (QED) is 0.565. The highest BCUT2D eigenvalue weighted by atomic mass is 16.5. The first kappa shape index (κ1) is 16.6. The number of hydrogen-bond donors (Lipinski definition) is 0. The van der Waals surface area contributed by atoms with Crippen LogP contribution < -0.4 is 0 Å². The van der Waals surface area contributed by atoms with Crippen LogP contribution in [0, 0.1) is 29.6 Å². The molecule has 2 saturated heterocycles.